The van der Waals surface area contributed by atoms with Crippen LogP contribution in [0.5, 0.6) is 0 Å². The fourth-order valence-corrected chi connectivity index (χ4v) is 8.25. The third kappa shape index (κ3) is 4.58. The van der Waals surface area contributed by atoms with Crippen molar-refractivity contribution >= 4 is 22.7 Å². The molecule has 0 spiro atoms. The Morgan fingerprint density at radius 3 is 2.24 bits per heavy atom. The molecule has 4 aliphatic rings. The van der Waals surface area contributed by atoms with E-state index in [0.29, 0.717) is 23.6 Å². The third-order valence-corrected chi connectivity index (χ3v) is 9.55. The zero-order valence-electron chi connectivity index (χ0n) is 21.7. The van der Waals surface area contributed by atoms with Crippen LogP contribution >= 0.6 is 0 Å². The van der Waals surface area contributed by atoms with Crippen LogP contribution in [-0.4, -0.2) is 56.5 Å². The van der Waals surface area contributed by atoms with Gasteiger partial charge in [0.05, 0.1) is 11.0 Å². The van der Waals surface area contributed by atoms with E-state index in [1.807, 2.05) is 28.8 Å². The van der Waals surface area contributed by atoms with Crippen molar-refractivity contribution in [2.45, 2.75) is 101 Å². The van der Waals surface area contributed by atoms with Crippen LogP contribution in [0.25, 0.3) is 11.0 Å². The average molecular weight is 507 g/mol. The van der Waals surface area contributed by atoms with Gasteiger partial charge in [-0.25, -0.2) is 9.78 Å². The van der Waals surface area contributed by atoms with Crippen molar-refractivity contribution in [2.75, 3.05) is 7.11 Å². The van der Waals surface area contributed by atoms with E-state index in [0.717, 1.165) is 30.2 Å². The molecule has 3 unspecified atom stereocenters. The number of aromatic nitrogens is 2. The van der Waals surface area contributed by atoms with Crippen molar-refractivity contribution in [3.63, 3.8) is 0 Å². The second-order valence-corrected chi connectivity index (χ2v) is 11.7. The van der Waals surface area contributed by atoms with Crippen molar-refractivity contribution in [1.82, 2.24) is 14.5 Å². The van der Waals surface area contributed by atoms with Crippen LogP contribution < -0.4 is 5.56 Å². The SMILES string of the molecule is CO/N=C(\C(=O)O)c1nc2ccccc2n(C2C[C@H]3CCC[C@@H](C2)N3C2CC3CCCCC(C3)C2)c1=O. The van der Waals surface area contributed by atoms with Gasteiger partial charge < -0.3 is 14.5 Å². The quantitative estimate of drug-likeness (QED) is 0.464. The number of hydrogen-bond acceptors (Lipinski definition) is 6. The first-order valence-electron chi connectivity index (χ1n) is 14.2. The number of rotatable bonds is 5. The molecule has 2 aliphatic carbocycles. The second-order valence-electron chi connectivity index (χ2n) is 11.7. The molecule has 2 saturated carbocycles. The lowest BCUT2D eigenvalue weighted by Crippen LogP contribution is -2.58. The van der Waals surface area contributed by atoms with Gasteiger partial charge in [-0.15, -0.1) is 0 Å². The summed E-state index contributed by atoms with van der Waals surface area (Å²) in [7, 11) is 1.28. The van der Waals surface area contributed by atoms with E-state index in [1.54, 1.807) is 0 Å². The Labute approximate surface area is 217 Å². The lowest BCUT2D eigenvalue weighted by molar-refractivity contribution is -0.129. The minimum atomic E-state index is -1.32. The summed E-state index contributed by atoms with van der Waals surface area (Å²) in [5.74, 6) is 0.445. The highest BCUT2D eigenvalue weighted by molar-refractivity contribution is 6.41. The maximum atomic E-state index is 13.9. The predicted molar refractivity (Wildman–Crippen MR) is 142 cm³/mol. The largest absolute Gasteiger partial charge is 0.476 e. The molecule has 2 aliphatic heterocycles. The smallest absolute Gasteiger partial charge is 0.360 e. The summed E-state index contributed by atoms with van der Waals surface area (Å²) in [5.41, 5.74) is 0.369. The third-order valence-electron chi connectivity index (χ3n) is 9.55. The molecule has 37 heavy (non-hydrogen) atoms. The van der Waals surface area contributed by atoms with Gasteiger partial charge in [0.1, 0.15) is 7.11 Å². The van der Waals surface area contributed by atoms with Crippen molar-refractivity contribution in [1.29, 1.82) is 0 Å². The summed E-state index contributed by atoms with van der Waals surface area (Å²) in [6.45, 7) is 0. The molecular formula is C29H38N4O4. The normalized spacial score (nSPS) is 32.6. The number of benzene rings is 1. The number of carboxylic acid groups (broad SMARTS) is 1. The van der Waals surface area contributed by atoms with E-state index >= 15 is 0 Å². The van der Waals surface area contributed by atoms with Crippen LogP contribution in [0.15, 0.2) is 34.2 Å². The highest BCUT2D eigenvalue weighted by Gasteiger charge is 2.45. The summed E-state index contributed by atoms with van der Waals surface area (Å²) >= 11 is 0. The molecule has 8 nitrogen and oxygen atoms in total. The van der Waals surface area contributed by atoms with Gasteiger partial charge in [0, 0.05) is 24.2 Å². The molecule has 2 saturated heterocycles. The van der Waals surface area contributed by atoms with E-state index in [9.17, 15) is 14.7 Å². The minimum absolute atomic E-state index is 0.00848. The molecule has 4 bridgehead atoms. The highest BCUT2D eigenvalue weighted by atomic mass is 16.6. The molecule has 6 rings (SSSR count). The number of aliphatic carboxylic acids is 1. The van der Waals surface area contributed by atoms with E-state index in [4.69, 9.17) is 4.84 Å². The predicted octanol–water partition coefficient (Wildman–Crippen LogP) is 4.75. The number of para-hydroxylation sites is 2. The molecule has 4 fully saturated rings. The number of oxime groups is 1. The summed E-state index contributed by atoms with van der Waals surface area (Å²) in [6, 6.07) is 9.16. The van der Waals surface area contributed by atoms with Crippen LogP contribution in [0.3, 0.4) is 0 Å². The van der Waals surface area contributed by atoms with Crippen LogP contribution in [0.4, 0.5) is 0 Å². The molecule has 5 atom stereocenters. The molecule has 0 radical (unpaired) electrons. The Kier molecular flexibility index (Phi) is 6.78. The summed E-state index contributed by atoms with van der Waals surface area (Å²) in [6.07, 6.45) is 15.1. The lowest BCUT2D eigenvalue weighted by Gasteiger charge is -2.54. The van der Waals surface area contributed by atoms with Crippen molar-refractivity contribution in [3.8, 4) is 0 Å². The number of hydrogen-bond donors (Lipinski definition) is 1. The minimum Gasteiger partial charge on any atom is -0.476 e. The number of fused-ring (bicyclic) bond motifs is 5. The van der Waals surface area contributed by atoms with E-state index in [1.165, 1.54) is 71.3 Å². The fourth-order valence-electron chi connectivity index (χ4n) is 8.25. The first-order valence-corrected chi connectivity index (χ1v) is 14.2. The van der Waals surface area contributed by atoms with Gasteiger partial charge in [0.2, 0.25) is 5.71 Å². The fraction of sp³-hybridized carbons (Fsp3) is 0.655. The van der Waals surface area contributed by atoms with E-state index in [-0.39, 0.29) is 11.7 Å². The standard InChI is InChI=1S/C29H38N4O4/c1-37-31-27(29(35)36)26-28(34)33(25-12-5-4-11-24(25)30-26)23-16-20-9-6-10-21(17-23)32(20)22-14-18-7-2-3-8-19(13-18)15-22/h4-5,11-12,18-23H,2-3,6-10,13-17H2,1H3,(H,35,36)/b31-27-/t18?,19?,20-,21+,22?,23?. The molecule has 2 aromatic rings. The highest BCUT2D eigenvalue weighted by Crippen LogP contribution is 2.46. The van der Waals surface area contributed by atoms with Gasteiger partial charge in [-0.1, -0.05) is 49.4 Å². The Hall–Kier alpha value is -2.74. The lowest BCUT2D eigenvalue weighted by atomic mass is 9.73. The van der Waals surface area contributed by atoms with Gasteiger partial charge >= 0.3 is 5.97 Å². The molecular weight excluding hydrogens is 468 g/mol. The van der Waals surface area contributed by atoms with E-state index < -0.39 is 17.2 Å². The zero-order chi connectivity index (χ0) is 25.5. The van der Waals surface area contributed by atoms with Crippen LogP contribution in [0.1, 0.15) is 88.8 Å². The van der Waals surface area contributed by atoms with Crippen LogP contribution in [0, 0.1) is 11.8 Å². The Morgan fingerprint density at radius 2 is 1.59 bits per heavy atom. The first-order chi connectivity index (χ1) is 18.0. The molecule has 1 aromatic heterocycles. The second kappa shape index (κ2) is 10.2. The Morgan fingerprint density at radius 1 is 0.919 bits per heavy atom. The van der Waals surface area contributed by atoms with Gasteiger partial charge in [-0.3, -0.25) is 9.69 Å². The van der Waals surface area contributed by atoms with Crippen molar-refractivity contribution < 1.29 is 14.7 Å². The monoisotopic (exact) mass is 506 g/mol. The Bertz CT molecular complexity index is 1230. The topological polar surface area (TPSA) is 97.0 Å². The number of carboxylic acids is 1. The maximum Gasteiger partial charge on any atom is 0.360 e. The number of piperidine rings is 2. The van der Waals surface area contributed by atoms with Gasteiger partial charge in [0.15, 0.2) is 5.69 Å². The summed E-state index contributed by atoms with van der Waals surface area (Å²) in [4.78, 5) is 37.9. The van der Waals surface area contributed by atoms with Crippen LogP contribution in [0.2, 0.25) is 0 Å². The zero-order valence-corrected chi connectivity index (χ0v) is 21.7. The molecule has 8 heteroatoms. The van der Waals surface area contributed by atoms with Crippen LogP contribution in [-0.2, 0) is 9.63 Å². The molecule has 1 N–H and O–H groups in total. The number of nitrogens with zero attached hydrogens (tertiary/aromatic N) is 4. The number of carbonyl (C=O) groups is 1. The molecule has 198 valence electrons. The van der Waals surface area contributed by atoms with E-state index in [2.05, 4.69) is 15.0 Å². The van der Waals surface area contributed by atoms with Crippen molar-refractivity contribution in [2.24, 2.45) is 17.0 Å². The average Bonchev–Trinajstić information content (AvgIpc) is 3.05. The maximum absolute atomic E-state index is 13.9. The van der Waals surface area contributed by atoms with Gasteiger partial charge in [0.25, 0.3) is 5.56 Å². The summed E-state index contributed by atoms with van der Waals surface area (Å²) < 4.78 is 1.83. The molecule has 3 heterocycles. The van der Waals surface area contributed by atoms with Gasteiger partial charge in [-0.05, 0) is 68.9 Å². The summed E-state index contributed by atoms with van der Waals surface area (Å²) in [5, 5.41) is 13.4. The first kappa shape index (κ1) is 24.6. The van der Waals surface area contributed by atoms with Gasteiger partial charge in [-0.2, -0.15) is 0 Å². The molecule has 0 amide bonds. The Balaban J connectivity index is 1.36. The molecule has 1 aromatic carbocycles. The van der Waals surface area contributed by atoms with Crippen molar-refractivity contribution in [3.05, 3.63) is 40.3 Å².